The van der Waals surface area contributed by atoms with Crippen LogP contribution in [0.25, 0.3) is 10.2 Å². The molecule has 1 N–H and O–H groups in total. The summed E-state index contributed by atoms with van der Waals surface area (Å²) in [5.74, 6) is 0.0944. The van der Waals surface area contributed by atoms with E-state index in [1.807, 2.05) is 30.5 Å². The molecule has 146 valence electrons. The van der Waals surface area contributed by atoms with Crippen molar-refractivity contribution in [3.8, 4) is 0 Å². The molecule has 0 saturated carbocycles. The third-order valence-corrected chi connectivity index (χ3v) is 6.67. The topological polar surface area (TPSA) is 67.2 Å². The van der Waals surface area contributed by atoms with Crippen molar-refractivity contribution in [2.24, 2.45) is 0 Å². The number of thiophene rings is 1. The van der Waals surface area contributed by atoms with Gasteiger partial charge in [0.2, 0.25) is 5.91 Å². The summed E-state index contributed by atoms with van der Waals surface area (Å²) in [6.07, 6.45) is 2.48. The Labute approximate surface area is 171 Å². The van der Waals surface area contributed by atoms with E-state index in [4.69, 9.17) is 0 Å². The quantitative estimate of drug-likeness (QED) is 0.491. The first-order valence-corrected chi connectivity index (χ1v) is 11.3. The highest BCUT2D eigenvalue weighted by atomic mass is 32.2. The molecule has 4 rings (SSSR count). The molecule has 0 bridgehead atoms. The van der Waals surface area contributed by atoms with E-state index >= 15 is 0 Å². The van der Waals surface area contributed by atoms with Crippen LogP contribution in [0.1, 0.15) is 19.8 Å². The Kier molecular flexibility index (Phi) is 5.68. The first-order chi connectivity index (χ1) is 13.7. The number of fused-ring (bicyclic) bond motifs is 1. The number of rotatable bonds is 6. The SMILES string of the molecule is CCn1c(SCC(=O)Nc2ccc(N3CCCC3)cc2)nc2ccsc2c1=O. The predicted octanol–water partition coefficient (Wildman–Crippen LogP) is 3.81. The maximum atomic E-state index is 12.5. The highest BCUT2D eigenvalue weighted by Crippen LogP contribution is 2.23. The van der Waals surface area contributed by atoms with Crippen LogP contribution in [0.4, 0.5) is 11.4 Å². The summed E-state index contributed by atoms with van der Waals surface area (Å²) in [4.78, 5) is 31.8. The first-order valence-electron chi connectivity index (χ1n) is 9.41. The van der Waals surface area contributed by atoms with Crippen LogP contribution in [-0.2, 0) is 11.3 Å². The van der Waals surface area contributed by atoms with Gasteiger partial charge in [-0.1, -0.05) is 11.8 Å². The fraction of sp³-hybridized carbons (Fsp3) is 0.350. The number of nitrogens with zero attached hydrogens (tertiary/aromatic N) is 3. The average Bonchev–Trinajstić information content (AvgIpc) is 3.39. The highest BCUT2D eigenvalue weighted by molar-refractivity contribution is 7.99. The van der Waals surface area contributed by atoms with E-state index < -0.39 is 0 Å². The largest absolute Gasteiger partial charge is 0.372 e. The standard InChI is InChI=1S/C20H22N4O2S2/c1-2-24-19(26)18-16(9-12-27-18)22-20(24)28-13-17(25)21-14-5-7-15(8-6-14)23-10-3-4-11-23/h5-9,12H,2-4,10-11,13H2,1H3,(H,21,25). The minimum absolute atomic E-state index is 0.0390. The lowest BCUT2D eigenvalue weighted by molar-refractivity contribution is -0.113. The molecule has 1 saturated heterocycles. The van der Waals surface area contributed by atoms with E-state index in [1.54, 1.807) is 4.57 Å². The Hall–Kier alpha value is -2.32. The van der Waals surface area contributed by atoms with Crippen molar-refractivity contribution in [3.63, 3.8) is 0 Å². The number of amides is 1. The molecule has 1 aliphatic rings. The maximum Gasteiger partial charge on any atom is 0.272 e. The first kappa shape index (κ1) is 19.0. The van der Waals surface area contributed by atoms with Crippen molar-refractivity contribution in [1.82, 2.24) is 9.55 Å². The third kappa shape index (κ3) is 3.93. The molecule has 0 radical (unpaired) electrons. The smallest absolute Gasteiger partial charge is 0.272 e. The summed E-state index contributed by atoms with van der Waals surface area (Å²) in [6.45, 7) is 4.64. The van der Waals surface area contributed by atoms with Gasteiger partial charge in [-0.05, 0) is 55.5 Å². The second-order valence-corrected chi connectivity index (χ2v) is 8.52. The number of anilines is 2. The normalized spacial score (nSPS) is 14.0. The van der Waals surface area contributed by atoms with Gasteiger partial charge in [-0.3, -0.25) is 14.2 Å². The lowest BCUT2D eigenvalue weighted by Gasteiger charge is -2.17. The van der Waals surface area contributed by atoms with E-state index in [0.717, 1.165) is 18.8 Å². The highest BCUT2D eigenvalue weighted by Gasteiger charge is 2.14. The van der Waals surface area contributed by atoms with Gasteiger partial charge in [0, 0.05) is 31.0 Å². The van der Waals surface area contributed by atoms with Crippen LogP contribution in [0.3, 0.4) is 0 Å². The van der Waals surface area contributed by atoms with Crippen LogP contribution in [0, 0.1) is 0 Å². The van der Waals surface area contributed by atoms with E-state index in [0.29, 0.717) is 21.9 Å². The molecule has 0 spiro atoms. The van der Waals surface area contributed by atoms with Gasteiger partial charge in [0.25, 0.3) is 5.56 Å². The van der Waals surface area contributed by atoms with Crippen LogP contribution in [0.5, 0.6) is 0 Å². The van der Waals surface area contributed by atoms with Crippen molar-refractivity contribution in [2.45, 2.75) is 31.5 Å². The molecule has 28 heavy (non-hydrogen) atoms. The van der Waals surface area contributed by atoms with Gasteiger partial charge >= 0.3 is 0 Å². The molecule has 1 fully saturated rings. The van der Waals surface area contributed by atoms with Crippen LogP contribution >= 0.6 is 23.1 Å². The second kappa shape index (κ2) is 8.36. The molecule has 1 aliphatic heterocycles. The van der Waals surface area contributed by atoms with Crippen molar-refractivity contribution in [1.29, 1.82) is 0 Å². The van der Waals surface area contributed by atoms with Crippen LogP contribution < -0.4 is 15.8 Å². The van der Waals surface area contributed by atoms with Gasteiger partial charge in [-0.25, -0.2) is 4.98 Å². The van der Waals surface area contributed by atoms with E-state index in [2.05, 4.69) is 27.3 Å². The lowest BCUT2D eigenvalue weighted by atomic mass is 10.2. The summed E-state index contributed by atoms with van der Waals surface area (Å²) in [5.41, 5.74) is 2.63. The van der Waals surface area contributed by atoms with Gasteiger partial charge in [0.05, 0.1) is 11.3 Å². The predicted molar refractivity (Wildman–Crippen MR) is 117 cm³/mol. The Balaban J connectivity index is 1.40. The number of carbonyl (C=O) groups is 1. The average molecular weight is 415 g/mol. The Morgan fingerprint density at radius 3 is 2.68 bits per heavy atom. The maximum absolute atomic E-state index is 12.5. The minimum atomic E-state index is -0.110. The molecule has 1 aromatic carbocycles. The van der Waals surface area contributed by atoms with Gasteiger partial charge < -0.3 is 10.2 Å². The minimum Gasteiger partial charge on any atom is -0.372 e. The fourth-order valence-corrected chi connectivity index (χ4v) is 5.01. The summed E-state index contributed by atoms with van der Waals surface area (Å²) in [5, 5.41) is 5.37. The number of nitrogens with one attached hydrogen (secondary N) is 1. The van der Waals surface area contributed by atoms with Crippen molar-refractivity contribution >= 4 is 50.6 Å². The zero-order valence-corrected chi connectivity index (χ0v) is 17.3. The second-order valence-electron chi connectivity index (χ2n) is 6.66. The molecular formula is C20H22N4O2S2. The number of hydrogen-bond donors (Lipinski definition) is 1. The van der Waals surface area contributed by atoms with Gasteiger partial charge in [0.1, 0.15) is 4.70 Å². The Morgan fingerprint density at radius 2 is 1.96 bits per heavy atom. The van der Waals surface area contributed by atoms with E-state index in [-0.39, 0.29) is 17.2 Å². The van der Waals surface area contributed by atoms with Crippen LogP contribution in [0.2, 0.25) is 0 Å². The summed E-state index contributed by atoms with van der Waals surface area (Å²) >= 11 is 2.69. The molecule has 2 aromatic heterocycles. The zero-order valence-electron chi connectivity index (χ0n) is 15.7. The van der Waals surface area contributed by atoms with E-state index in [1.165, 1.54) is 41.6 Å². The van der Waals surface area contributed by atoms with Crippen LogP contribution in [0.15, 0.2) is 45.7 Å². The number of aromatic nitrogens is 2. The molecule has 3 aromatic rings. The molecule has 0 aliphatic carbocycles. The number of hydrogen-bond acceptors (Lipinski definition) is 6. The summed E-state index contributed by atoms with van der Waals surface area (Å²) in [6, 6.07) is 9.82. The van der Waals surface area contributed by atoms with Crippen molar-refractivity contribution < 1.29 is 4.79 Å². The van der Waals surface area contributed by atoms with Gasteiger partial charge in [-0.15, -0.1) is 11.3 Å². The summed E-state index contributed by atoms with van der Waals surface area (Å²) < 4.78 is 2.29. The molecule has 1 amide bonds. The molecule has 0 atom stereocenters. The Bertz CT molecular complexity index is 1040. The molecule has 3 heterocycles. The molecule has 8 heteroatoms. The van der Waals surface area contributed by atoms with Crippen molar-refractivity contribution in [3.05, 3.63) is 46.1 Å². The number of carbonyl (C=O) groups excluding carboxylic acids is 1. The van der Waals surface area contributed by atoms with Gasteiger partial charge in [-0.2, -0.15) is 0 Å². The summed E-state index contributed by atoms with van der Waals surface area (Å²) in [7, 11) is 0. The van der Waals surface area contributed by atoms with E-state index in [9.17, 15) is 9.59 Å². The van der Waals surface area contributed by atoms with Crippen molar-refractivity contribution in [2.75, 3.05) is 29.1 Å². The fourth-order valence-electron chi connectivity index (χ4n) is 3.37. The van der Waals surface area contributed by atoms with Gasteiger partial charge in [0.15, 0.2) is 5.16 Å². The Morgan fingerprint density at radius 1 is 1.21 bits per heavy atom. The lowest BCUT2D eigenvalue weighted by Crippen LogP contribution is -2.22. The number of benzene rings is 1. The number of thioether (sulfide) groups is 1. The molecule has 6 nitrogen and oxygen atoms in total. The molecular weight excluding hydrogens is 392 g/mol. The third-order valence-electron chi connectivity index (χ3n) is 4.80. The monoisotopic (exact) mass is 414 g/mol. The van der Waals surface area contributed by atoms with Crippen LogP contribution in [-0.4, -0.2) is 34.3 Å². The molecule has 0 unspecified atom stereocenters. The zero-order chi connectivity index (χ0) is 19.5.